The number of hydrogen-bond acceptors (Lipinski definition) is 2. The minimum absolute atomic E-state index is 0.185. The fraction of sp³-hybridized carbons (Fsp3) is 0.167. The molecule has 118 valence electrons. The molecule has 0 fully saturated rings. The first-order chi connectivity index (χ1) is 11.1. The number of imidazole rings is 1. The summed E-state index contributed by atoms with van der Waals surface area (Å²) in [6.07, 6.45) is 1.78. The van der Waals surface area contributed by atoms with Gasteiger partial charge in [0.2, 0.25) is 0 Å². The summed E-state index contributed by atoms with van der Waals surface area (Å²) in [6.45, 7) is 4.46. The molecule has 5 heteroatoms. The Morgan fingerprint density at radius 3 is 2.74 bits per heavy atom. The molecule has 0 saturated carbocycles. The molecule has 0 unspecified atom stereocenters. The summed E-state index contributed by atoms with van der Waals surface area (Å²) in [5.74, 6) is 0.637. The van der Waals surface area contributed by atoms with Crippen molar-refractivity contribution in [3.63, 3.8) is 0 Å². The fourth-order valence-corrected chi connectivity index (χ4v) is 2.69. The molecule has 0 aliphatic rings. The Balaban J connectivity index is 2.01. The quantitative estimate of drug-likeness (QED) is 0.780. The Labute approximate surface area is 139 Å². The van der Waals surface area contributed by atoms with Crippen molar-refractivity contribution in [3.05, 3.63) is 69.7 Å². The molecule has 0 bridgehead atoms. The highest BCUT2D eigenvalue weighted by atomic mass is 35.5. The van der Waals surface area contributed by atoms with E-state index in [4.69, 9.17) is 16.3 Å². The van der Waals surface area contributed by atoms with E-state index in [1.54, 1.807) is 16.8 Å². The number of nitrogens with one attached hydrogen (secondary N) is 1. The molecule has 4 nitrogen and oxygen atoms in total. The van der Waals surface area contributed by atoms with Gasteiger partial charge in [0.1, 0.15) is 5.75 Å². The number of nitrogens with zero attached hydrogens (tertiary/aromatic N) is 1. The zero-order chi connectivity index (χ0) is 16.4. The molecule has 0 saturated heterocycles. The van der Waals surface area contributed by atoms with Crippen LogP contribution in [-0.4, -0.2) is 16.2 Å². The Hall–Kier alpha value is -2.46. The maximum atomic E-state index is 12.2. The van der Waals surface area contributed by atoms with Crippen LogP contribution in [-0.2, 0) is 0 Å². The fourth-order valence-electron chi connectivity index (χ4n) is 2.45. The van der Waals surface area contributed by atoms with Crippen LogP contribution in [0.1, 0.15) is 12.5 Å². The van der Waals surface area contributed by atoms with Crippen LogP contribution >= 0.6 is 11.6 Å². The third kappa shape index (κ3) is 3.17. The molecule has 2 aromatic carbocycles. The van der Waals surface area contributed by atoms with E-state index >= 15 is 0 Å². The summed E-state index contributed by atoms with van der Waals surface area (Å²) in [4.78, 5) is 15.1. The monoisotopic (exact) mass is 328 g/mol. The van der Waals surface area contributed by atoms with E-state index in [9.17, 15) is 4.79 Å². The normalized spacial score (nSPS) is 10.7. The Morgan fingerprint density at radius 2 is 2.04 bits per heavy atom. The summed E-state index contributed by atoms with van der Waals surface area (Å²) in [7, 11) is 0. The smallest absolute Gasteiger partial charge is 0.330 e. The molecular weight excluding hydrogens is 312 g/mol. The lowest BCUT2D eigenvalue weighted by molar-refractivity contribution is 0.340. The van der Waals surface area contributed by atoms with E-state index in [2.05, 4.69) is 4.98 Å². The zero-order valence-corrected chi connectivity index (χ0v) is 13.7. The van der Waals surface area contributed by atoms with Crippen LogP contribution in [0.15, 0.2) is 53.5 Å². The van der Waals surface area contributed by atoms with Gasteiger partial charge in [0, 0.05) is 11.8 Å². The van der Waals surface area contributed by atoms with Gasteiger partial charge in [0.05, 0.1) is 23.0 Å². The number of benzene rings is 2. The van der Waals surface area contributed by atoms with E-state index in [0.29, 0.717) is 23.1 Å². The lowest BCUT2D eigenvalue weighted by Gasteiger charge is -2.06. The first-order valence-electron chi connectivity index (χ1n) is 7.40. The predicted molar refractivity (Wildman–Crippen MR) is 92.7 cm³/mol. The van der Waals surface area contributed by atoms with Gasteiger partial charge in [-0.15, -0.1) is 0 Å². The number of hydrogen-bond donors (Lipinski definition) is 1. The highest BCUT2D eigenvalue weighted by molar-refractivity contribution is 6.32. The highest BCUT2D eigenvalue weighted by Gasteiger charge is 2.09. The van der Waals surface area contributed by atoms with Crippen LogP contribution in [0.3, 0.4) is 0 Å². The molecule has 23 heavy (non-hydrogen) atoms. The lowest BCUT2D eigenvalue weighted by atomic mass is 10.1. The van der Waals surface area contributed by atoms with Gasteiger partial charge in [-0.1, -0.05) is 23.7 Å². The number of rotatable bonds is 4. The van der Waals surface area contributed by atoms with Crippen molar-refractivity contribution >= 4 is 11.6 Å². The largest absolute Gasteiger partial charge is 0.492 e. The molecule has 0 spiro atoms. The van der Waals surface area contributed by atoms with Gasteiger partial charge in [-0.2, -0.15) is 0 Å². The molecule has 1 aromatic heterocycles. The summed E-state index contributed by atoms with van der Waals surface area (Å²) < 4.78 is 7.02. The van der Waals surface area contributed by atoms with Gasteiger partial charge in [0.25, 0.3) is 0 Å². The molecule has 0 amide bonds. The zero-order valence-electron chi connectivity index (χ0n) is 13.0. The Kier molecular flexibility index (Phi) is 4.26. The van der Waals surface area contributed by atoms with Gasteiger partial charge in [-0.25, -0.2) is 4.79 Å². The van der Waals surface area contributed by atoms with Crippen molar-refractivity contribution in [2.75, 3.05) is 6.61 Å². The van der Waals surface area contributed by atoms with Crippen molar-refractivity contribution in [2.45, 2.75) is 13.8 Å². The van der Waals surface area contributed by atoms with Crippen LogP contribution < -0.4 is 10.4 Å². The van der Waals surface area contributed by atoms with E-state index in [0.717, 1.165) is 16.8 Å². The second kappa shape index (κ2) is 6.34. The molecule has 0 atom stereocenters. The van der Waals surface area contributed by atoms with Crippen LogP contribution in [0, 0.1) is 6.92 Å². The topological polar surface area (TPSA) is 47.0 Å². The molecule has 1 heterocycles. The van der Waals surface area contributed by atoms with Gasteiger partial charge in [-0.05, 0) is 49.7 Å². The molecular formula is C18H17ClN2O2. The SMILES string of the molecule is CCOc1ccc(-c2cn(-c3cccc(C)c3)c(=O)[nH]2)cc1Cl. The Bertz CT molecular complexity index is 896. The first-order valence-corrected chi connectivity index (χ1v) is 7.77. The number of aromatic amines is 1. The van der Waals surface area contributed by atoms with Crippen LogP contribution in [0.25, 0.3) is 16.9 Å². The minimum atomic E-state index is -0.185. The van der Waals surface area contributed by atoms with Crippen molar-refractivity contribution in [3.8, 4) is 22.7 Å². The van der Waals surface area contributed by atoms with E-state index < -0.39 is 0 Å². The van der Waals surface area contributed by atoms with Crippen LogP contribution in [0.2, 0.25) is 5.02 Å². The number of aromatic nitrogens is 2. The summed E-state index contributed by atoms with van der Waals surface area (Å²) >= 11 is 6.22. The molecule has 3 rings (SSSR count). The lowest BCUT2D eigenvalue weighted by Crippen LogP contribution is -2.13. The van der Waals surface area contributed by atoms with Crippen molar-refractivity contribution in [1.82, 2.24) is 9.55 Å². The van der Waals surface area contributed by atoms with E-state index in [1.807, 2.05) is 50.2 Å². The highest BCUT2D eigenvalue weighted by Crippen LogP contribution is 2.29. The number of aryl methyl sites for hydroxylation is 1. The van der Waals surface area contributed by atoms with Gasteiger partial charge >= 0.3 is 5.69 Å². The van der Waals surface area contributed by atoms with Crippen molar-refractivity contribution < 1.29 is 4.74 Å². The minimum Gasteiger partial charge on any atom is -0.492 e. The molecule has 0 aliphatic heterocycles. The molecule has 0 aliphatic carbocycles. The standard InChI is InChI=1S/C18H17ClN2O2/c1-3-23-17-8-7-13(10-15(17)19)16-11-21(18(22)20-16)14-6-4-5-12(2)9-14/h4-11H,3H2,1-2H3,(H,20,22). The van der Waals surface area contributed by atoms with E-state index in [1.165, 1.54) is 0 Å². The van der Waals surface area contributed by atoms with Crippen molar-refractivity contribution in [1.29, 1.82) is 0 Å². The average Bonchev–Trinajstić information content (AvgIpc) is 2.91. The molecule has 1 N–H and O–H groups in total. The second-order valence-corrected chi connectivity index (χ2v) is 5.67. The third-order valence-corrected chi connectivity index (χ3v) is 3.84. The van der Waals surface area contributed by atoms with E-state index in [-0.39, 0.29) is 5.69 Å². The maximum Gasteiger partial charge on any atom is 0.330 e. The van der Waals surface area contributed by atoms with Gasteiger partial charge in [-0.3, -0.25) is 4.57 Å². The summed E-state index contributed by atoms with van der Waals surface area (Å²) in [6, 6.07) is 13.3. The predicted octanol–water partition coefficient (Wildman–Crippen LogP) is 4.19. The van der Waals surface area contributed by atoms with Crippen molar-refractivity contribution in [2.24, 2.45) is 0 Å². The Morgan fingerprint density at radius 1 is 1.22 bits per heavy atom. The first kappa shape index (κ1) is 15.4. The number of halogens is 1. The average molecular weight is 329 g/mol. The number of ether oxygens (including phenoxy) is 1. The summed E-state index contributed by atoms with van der Waals surface area (Å²) in [5.41, 5.74) is 3.29. The molecule has 0 radical (unpaired) electrons. The van der Waals surface area contributed by atoms with Gasteiger partial charge in [0.15, 0.2) is 0 Å². The third-order valence-electron chi connectivity index (χ3n) is 3.54. The summed E-state index contributed by atoms with van der Waals surface area (Å²) in [5, 5.41) is 0.522. The molecule has 3 aromatic rings. The van der Waals surface area contributed by atoms with Crippen LogP contribution in [0.5, 0.6) is 5.75 Å². The number of H-pyrrole nitrogens is 1. The van der Waals surface area contributed by atoms with Crippen LogP contribution in [0.4, 0.5) is 0 Å². The second-order valence-electron chi connectivity index (χ2n) is 5.26. The maximum absolute atomic E-state index is 12.2. The van der Waals surface area contributed by atoms with Gasteiger partial charge < -0.3 is 9.72 Å².